The van der Waals surface area contributed by atoms with Gasteiger partial charge in [0.05, 0.1) is 0 Å². The van der Waals surface area contributed by atoms with Gasteiger partial charge in [0.1, 0.15) is 5.82 Å². The van der Waals surface area contributed by atoms with Crippen LogP contribution in [0.25, 0.3) is 10.9 Å². The third-order valence-electron chi connectivity index (χ3n) is 3.87. The molecule has 2 aromatic heterocycles. The van der Waals surface area contributed by atoms with E-state index in [-0.39, 0.29) is 0 Å². The molecule has 0 saturated heterocycles. The highest BCUT2D eigenvalue weighted by Gasteiger charge is 2.03. The maximum atomic E-state index is 4.49. The van der Waals surface area contributed by atoms with Gasteiger partial charge in [0.15, 0.2) is 0 Å². The SMILES string of the molecule is CN(C)CCNc1ccnc(NCCc2c[nH]c3ccccc23)n1. The van der Waals surface area contributed by atoms with Crippen molar-refractivity contribution in [2.24, 2.45) is 0 Å². The molecule has 0 amide bonds. The fraction of sp³-hybridized carbons (Fsp3) is 0.333. The van der Waals surface area contributed by atoms with Crippen molar-refractivity contribution in [3.05, 3.63) is 48.3 Å². The summed E-state index contributed by atoms with van der Waals surface area (Å²) in [4.78, 5) is 14.2. The van der Waals surface area contributed by atoms with Gasteiger partial charge in [-0.25, -0.2) is 4.98 Å². The van der Waals surface area contributed by atoms with Crippen LogP contribution < -0.4 is 10.6 Å². The number of para-hydroxylation sites is 1. The first-order valence-corrected chi connectivity index (χ1v) is 8.23. The van der Waals surface area contributed by atoms with E-state index in [0.717, 1.165) is 31.9 Å². The van der Waals surface area contributed by atoms with Crippen LogP contribution in [0.1, 0.15) is 5.56 Å². The molecule has 6 heteroatoms. The summed E-state index contributed by atoms with van der Waals surface area (Å²) in [5, 5.41) is 7.88. The zero-order valence-corrected chi connectivity index (χ0v) is 14.2. The van der Waals surface area contributed by atoms with Crippen molar-refractivity contribution < 1.29 is 0 Å². The van der Waals surface area contributed by atoms with Crippen LogP contribution in [-0.2, 0) is 6.42 Å². The van der Waals surface area contributed by atoms with Crippen molar-refractivity contribution in [2.75, 3.05) is 44.4 Å². The minimum atomic E-state index is 0.657. The molecule has 2 heterocycles. The molecule has 0 unspecified atom stereocenters. The largest absolute Gasteiger partial charge is 0.369 e. The van der Waals surface area contributed by atoms with Crippen molar-refractivity contribution in [1.29, 1.82) is 0 Å². The van der Waals surface area contributed by atoms with Crippen LogP contribution in [0.5, 0.6) is 0 Å². The quantitative estimate of drug-likeness (QED) is 0.594. The molecule has 0 saturated carbocycles. The number of nitrogens with one attached hydrogen (secondary N) is 3. The van der Waals surface area contributed by atoms with Gasteiger partial charge in [-0.2, -0.15) is 4.98 Å². The number of benzene rings is 1. The van der Waals surface area contributed by atoms with Crippen molar-refractivity contribution in [1.82, 2.24) is 19.9 Å². The topological polar surface area (TPSA) is 68.9 Å². The smallest absolute Gasteiger partial charge is 0.224 e. The number of likely N-dealkylation sites (N-methyl/N-ethyl adjacent to an activating group) is 1. The van der Waals surface area contributed by atoms with E-state index in [1.807, 2.05) is 12.1 Å². The van der Waals surface area contributed by atoms with Gasteiger partial charge in [-0.1, -0.05) is 18.2 Å². The average Bonchev–Trinajstić information content (AvgIpc) is 2.98. The lowest BCUT2D eigenvalue weighted by Crippen LogP contribution is -2.21. The maximum Gasteiger partial charge on any atom is 0.224 e. The van der Waals surface area contributed by atoms with E-state index in [1.165, 1.54) is 16.5 Å². The van der Waals surface area contributed by atoms with Crippen molar-refractivity contribution >= 4 is 22.7 Å². The molecular weight excluding hydrogens is 300 g/mol. The van der Waals surface area contributed by atoms with Crippen LogP contribution in [0.3, 0.4) is 0 Å². The zero-order chi connectivity index (χ0) is 16.8. The van der Waals surface area contributed by atoms with E-state index >= 15 is 0 Å². The lowest BCUT2D eigenvalue weighted by Gasteiger charge is -2.11. The molecule has 6 nitrogen and oxygen atoms in total. The molecule has 0 fully saturated rings. The average molecular weight is 324 g/mol. The Hall–Kier alpha value is -2.60. The number of aromatic amines is 1. The number of anilines is 2. The van der Waals surface area contributed by atoms with Crippen LogP contribution in [0.2, 0.25) is 0 Å². The standard InChI is InChI=1S/C18H24N6/c1-24(2)12-11-19-17-8-10-21-18(23-17)20-9-7-14-13-22-16-6-4-3-5-15(14)16/h3-6,8,10,13,22H,7,9,11-12H2,1-2H3,(H2,19,20,21,23). The first-order valence-electron chi connectivity index (χ1n) is 8.23. The van der Waals surface area contributed by atoms with E-state index < -0.39 is 0 Å². The Morgan fingerprint density at radius 1 is 1.08 bits per heavy atom. The number of rotatable bonds is 8. The second-order valence-corrected chi connectivity index (χ2v) is 6.03. The summed E-state index contributed by atoms with van der Waals surface area (Å²) in [6, 6.07) is 10.2. The van der Waals surface area contributed by atoms with Gasteiger partial charge >= 0.3 is 0 Å². The van der Waals surface area contributed by atoms with E-state index in [1.54, 1.807) is 6.20 Å². The van der Waals surface area contributed by atoms with Crippen LogP contribution in [0.15, 0.2) is 42.7 Å². The highest BCUT2D eigenvalue weighted by molar-refractivity contribution is 5.83. The van der Waals surface area contributed by atoms with E-state index in [9.17, 15) is 0 Å². The number of hydrogen-bond donors (Lipinski definition) is 3. The molecule has 0 aliphatic carbocycles. The predicted octanol–water partition coefficient (Wildman–Crippen LogP) is 2.59. The van der Waals surface area contributed by atoms with Gasteiger partial charge in [0.2, 0.25) is 5.95 Å². The second kappa shape index (κ2) is 7.79. The zero-order valence-electron chi connectivity index (χ0n) is 14.2. The Labute approximate surface area is 142 Å². The maximum absolute atomic E-state index is 4.49. The lowest BCUT2D eigenvalue weighted by atomic mass is 10.1. The normalized spacial score (nSPS) is 11.1. The van der Waals surface area contributed by atoms with Gasteiger partial charge in [-0.15, -0.1) is 0 Å². The molecule has 3 N–H and O–H groups in total. The number of fused-ring (bicyclic) bond motifs is 1. The van der Waals surface area contributed by atoms with Crippen LogP contribution in [-0.4, -0.2) is 53.6 Å². The Kier molecular flexibility index (Phi) is 5.28. The van der Waals surface area contributed by atoms with Crippen LogP contribution in [0, 0.1) is 0 Å². The summed E-state index contributed by atoms with van der Waals surface area (Å²) >= 11 is 0. The summed E-state index contributed by atoms with van der Waals surface area (Å²) in [7, 11) is 4.11. The number of hydrogen-bond acceptors (Lipinski definition) is 5. The van der Waals surface area contributed by atoms with Gasteiger partial charge in [0.25, 0.3) is 0 Å². The van der Waals surface area contributed by atoms with E-state index in [2.05, 4.69) is 69.0 Å². The second-order valence-electron chi connectivity index (χ2n) is 6.03. The third kappa shape index (κ3) is 4.23. The molecule has 3 rings (SSSR count). The van der Waals surface area contributed by atoms with E-state index in [4.69, 9.17) is 0 Å². The summed E-state index contributed by atoms with van der Waals surface area (Å²) < 4.78 is 0. The molecule has 0 radical (unpaired) electrons. The minimum absolute atomic E-state index is 0.657. The monoisotopic (exact) mass is 324 g/mol. The van der Waals surface area contributed by atoms with Gasteiger partial charge in [0, 0.05) is 42.9 Å². The highest BCUT2D eigenvalue weighted by atomic mass is 15.1. The lowest BCUT2D eigenvalue weighted by molar-refractivity contribution is 0.425. The van der Waals surface area contributed by atoms with Gasteiger partial charge < -0.3 is 20.5 Å². The minimum Gasteiger partial charge on any atom is -0.369 e. The third-order valence-corrected chi connectivity index (χ3v) is 3.87. The fourth-order valence-electron chi connectivity index (χ4n) is 2.60. The number of nitrogens with zero attached hydrogens (tertiary/aromatic N) is 3. The highest BCUT2D eigenvalue weighted by Crippen LogP contribution is 2.18. The van der Waals surface area contributed by atoms with E-state index in [0.29, 0.717) is 5.95 Å². The first-order chi connectivity index (χ1) is 11.7. The van der Waals surface area contributed by atoms with Crippen LogP contribution in [0.4, 0.5) is 11.8 Å². The van der Waals surface area contributed by atoms with Crippen LogP contribution >= 0.6 is 0 Å². The predicted molar refractivity (Wildman–Crippen MR) is 99.6 cm³/mol. The molecular formula is C18H24N6. The molecule has 0 atom stereocenters. The number of aromatic nitrogens is 3. The Balaban J connectivity index is 1.53. The van der Waals surface area contributed by atoms with Gasteiger partial charge in [-0.05, 0) is 38.2 Å². The Morgan fingerprint density at radius 3 is 2.83 bits per heavy atom. The molecule has 126 valence electrons. The van der Waals surface area contributed by atoms with Gasteiger partial charge in [-0.3, -0.25) is 0 Å². The summed E-state index contributed by atoms with van der Waals surface area (Å²) in [6.07, 6.45) is 4.77. The fourth-order valence-corrected chi connectivity index (χ4v) is 2.60. The van der Waals surface area contributed by atoms with Crippen molar-refractivity contribution in [3.63, 3.8) is 0 Å². The Bertz CT molecular complexity index is 780. The molecule has 0 bridgehead atoms. The molecule has 0 aliphatic rings. The number of H-pyrrole nitrogens is 1. The first kappa shape index (κ1) is 16.3. The van der Waals surface area contributed by atoms with Crippen molar-refractivity contribution in [2.45, 2.75) is 6.42 Å². The summed E-state index contributed by atoms with van der Waals surface area (Å²) in [5.41, 5.74) is 2.48. The molecule has 0 spiro atoms. The molecule has 0 aliphatic heterocycles. The molecule has 24 heavy (non-hydrogen) atoms. The molecule has 1 aromatic carbocycles. The molecule has 3 aromatic rings. The summed E-state index contributed by atoms with van der Waals surface area (Å²) in [5.74, 6) is 1.51. The van der Waals surface area contributed by atoms with Crippen molar-refractivity contribution in [3.8, 4) is 0 Å². The Morgan fingerprint density at radius 2 is 1.96 bits per heavy atom. The summed E-state index contributed by atoms with van der Waals surface area (Å²) in [6.45, 7) is 2.62.